The van der Waals surface area contributed by atoms with Crippen molar-refractivity contribution in [3.63, 3.8) is 0 Å². The third-order valence-corrected chi connectivity index (χ3v) is 4.49. The molecule has 0 unspecified atom stereocenters. The molecular formula is C20H16Cl2N2O3. The average Bonchev–Trinajstić information content (AvgIpc) is 2.99. The Bertz CT molecular complexity index is 1060. The Morgan fingerprint density at radius 2 is 1.89 bits per heavy atom. The van der Waals surface area contributed by atoms with Crippen LogP contribution in [0.15, 0.2) is 42.5 Å². The fourth-order valence-corrected chi connectivity index (χ4v) is 3.44. The van der Waals surface area contributed by atoms with E-state index in [-0.39, 0.29) is 17.9 Å². The van der Waals surface area contributed by atoms with Gasteiger partial charge in [-0.05, 0) is 30.7 Å². The predicted octanol–water partition coefficient (Wildman–Crippen LogP) is 4.68. The second-order valence-corrected chi connectivity index (χ2v) is 6.58. The summed E-state index contributed by atoms with van der Waals surface area (Å²) in [5.74, 6) is -1.19. The lowest BCUT2D eigenvalue weighted by Gasteiger charge is -2.06. The zero-order valence-electron chi connectivity index (χ0n) is 14.4. The number of aromatic amines is 1. The Balaban J connectivity index is 2.32. The molecule has 0 spiro atoms. The quantitative estimate of drug-likeness (QED) is 0.479. The zero-order chi connectivity index (χ0) is 19.6. The number of nitrogens with one attached hydrogen (secondary N) is 1. The molecular weight excluding hydrogens is 387 g/mol. The summed E-state index contributed by atoms with van der Waals surface area (Å²) in [4.78, 5) is 27.5. The summed E-state index contributed by atoms with van der Waals surface area (Å²) in [7, 11) is 0. The number of nitrogens with two attached hydrogens (primary N) is 1. The van der Waals surface area contributed by atoms with Gasteiger partial charge in [0.25, 0.3) is 0 Å². The summed E-state index contributed by atoms with van der Waals surface area (Å²) in [6.07, 6.45) is 1.54. The van der Waals surface area contributed by atoms with Crippen LogP contribution in [0.1, 0.15) is 28.5 Å². The van der Waals surface area contributed by atoms with Crippen LogP contribution >= 0.6 is 23.2 Å². The van der Waals surface area contributed by atoms with Crippen LogP contribution in [0.3, 0.4) is 0 Å². The number of benzene rings is 2. The monoisotopic (exact) mass is 402 g/mol. The molecule has 0 aliphatic carbocycles. The first-order valence-electron chi connectivity index (χ1n) is 8.17. The van der Waals surface area contributed by atoms with Crippen LogP contribution in [0.25, 0.3) is 22.6 Å². The van der Waals surface area contributed by atoms with Crippen LogP contribution in [0.5, 0.6) is 0 Å². The molecule has 7 heteroatoms. The first-order chi connectivity index (χ1) is 12.9. The molecule has 1 amide bonds. The fourth-order valence-electron chi connectivity index (χ4n) is 2.84. The van der Waals surface area contributed by atoms with Crippen molar-refractivity contribution >= 4 is 57.6 Å². The lowest BCUT2D eigenvalue weighted by molar-refractivity contribution is -0.112. The number of fused-ring (bicyclic) bond motifs is 1. The molecule has 0 fully saturated rings. The van der Waals surface area contributed by atoms with E-state index in [1.807, 2.05) is 6.07 Å². The number of primary amides is 1. The Morgan fingerprint density at radius 1 is 1.19 bits per heavy atom. The SMILES string of the molecule is CCOC(=O)c1[nH]c2cc(Cl)cc(Cl)c2c1/C=C(\C(N)=O)c1ccccc1. The maximum atomic E-state index is 12.4. The van der Waals surface area contributed by atoms with Crippen molar-refractivity contribution in [3.05, 3.63) is 69.3 Å². The topological polar surface area (TPSA) is 85.2 Å². The molecule has 3 N–H and O–H groups in total. The average molecular weight is 403 g/mol. The highest BCUT2D eigenvalue weighted by molar-refractivity contribution is 6.39. The summed E-state index contributed by atoms with van der Waals surface area (Å²) in [6.45, 7) is 1.91. The van der Waals surface area contributed by atoms with Crippen molar-refractivity contribution < 1.29 is 14.3 Å². The largest absolute Gasteiger partial charge is 0.461 e. The van der Waals surface area contributed by atoms with Crippen molar-refractivity contribution in [3.8, 4) is 0 Å². The van der Waals surface area contributed by atoms with Crippen LogP contribution in [-0.4, -0.2) is 23.5 Å². The first kappa shape index (κ1) is 19.0. The van der Waals surface area contributed by atoms with Crippen LogP contribution in [0.2, 0.25) is 10.0 Å². The standard InChI is InChI=1S/C20H16Cl2N2O3/c1-2-27-20(26)18-14(17-15(22)8-12(21)9-16(17)24-18)10-13(19(23)25)11-6-4-3-5-7-11/h3-10,24H,2H2,1H3,(H2,23,25)/b13-10-. The molecule has 1 aromatic heterocycles. The number of H-pyrrole nitrogens is 1. The van der Waals surface area contributed by atoms with Gasteiger partial charge in [-0.1, -0.05) is 53.5 Å². The summed E-state index contributed by atoms with van der Waals surface area (Å²) >= 11 is 12.4. The highest BCUT2D eigenvalue weighted by Crippen LogP contribution is 2.35. The third kappa shape index (κ3) is 3.84. The van der Waals surface area contributed by atoms with Crippen molar-refractivity contribution in [2.24, 2.45) is 5.73 Å². The molecule has 0 bridgehead atoms. The van der Waals surface area contributed by atoms with Gasteiger partial charge in [0.1, 0.15) is 5.69 Å². The summed E-state index contributed by atoms with van der Waals surface area (Å²) in [6, 6.07) is 12.1. The van der Waals surface area contributed by atoms with E-state index in [1.54, 1.807) is 49.4 Å². The lowest BCUT2D eigenvalue weighted by Crippen LogP contribution is -2.13. The van der Waals surface area contributed by atoms with Gasteiger partial charge in [-0.25, -0.2) is 4.79 Å². The number of amides is 1. The molecule has 0 atom stereocenters. The highest BCUT2D eigenvalue weighted by Gasteiger charge is 2.21. The van der Waals surface area contributed by atoms with Crippen LogP contribution in [-0.2, 0) is 9.53 Å². The van der Waals surface area contributed by atoms with Gasteiger partial charge < -0.3 is 15.5 Å². The van der Waals surface area contributed by atoms with E-state index in [9.17, 15) is 9.59 Å². The zero-order valence-corrected chi connectivity index (χ0v) is 15.9. The molecule has 0 radical (unpaired) electrons. The number of halogens is 2. The van der Waals surface area contributed by atoms with Gasteiger partial charge in [0.05, 0.1) is 11.6 Å². The number of rotatable bonds is 5. The van der Waals surface area contributed by atoms with E-state index in [1.165, 1.54) is 0 Å². The number of carbonyl (C=O) groups is 2. The molecule has 0 aliphatic heterocycles. The highest BCUT2D eigenvalue weighted by atomic mass is 35.5. The van der Waals surface area contributed by atoms with Gasteiger partial charge in [0, 0.05) is 27.1 Å². The van der Waals surface area contributed by atoms with Crippen molar-refractivity contribution in [2.45, 2.75) is 6.92 Å². The van der Waals surface area contributed by atoms with E-state index < -0.39 is 11.9 Å². The predicted molar refractivity (Wildman–Crippen MR) is 108 cm³/mol. The van der Waals surface area contributed by atoms with Gasteiger partial charge in [-0.3, -0.25) is 4.79 Å². The summed E-state index contributed by atoms with van der Waals surface area (Å²) < 4.78 is 5.12. The Kier molecular flexibility index (Phi) is 5.54. The lowest BCUT2D eigenvalue weighted by atomic mass is 10.0. The Hall–Kier alpha value is -2.76. The van der Waals surface area contributed by atoms with E-state index in [0.29, 0.717) is 32.1 Å². The summed E-state index contributed by atoms with van der Waals surface area (Å²) in [5, 5.41) is 1.31. The number of hydrogen-bond donors (Lipinski definition) is 2. The van der Waals surface area contributed by atoms with Crippen LogP contribution in [0, 0.1) is 0 Å². The first-order valence-corrected chi connectivity index (χ1v) is 8.92. The smallest absolute Gasteiger partial charge is 0.355 e. The number of aromatic nitrogens is 1. The molecule has 27 heavy (non-hydrogen) atoms. The van der Waals surface area contributed by atoms with E-state index in [4.69, 9.17) is 33.7 Å². The normalized spacial score (nSPS) is 11.6. The van der Waals surface area contributed by atoms with Crippen molar-refractivity contribution in [2.75, 3.05) is 6.61 Å². The van der Waals surface area contributed by atoms with E-state index in [2.05, 4.69) is 4.98 Å². The molecule has 3 aromatic rings. The second kappa shape index (κ2) is 7.86. The molecule has 0 saturated heterocycles. The maximum Gasteiger partial charge on any atom is 0.355 e. The number of ether oxygens (including phenoxy) is 1. The van der Waals surface area contributed by atoms with Gasteiger partial charge in [-0.2, -0.15) is 0 Å². The van der Waals surface area contributed by atoms with Crippen molar-refractivity contribution in [1.29, 1.82) is 0 Å². The van der Waals surface area contributed by atoms with Gasteiger partial charge in [0.2, 0.25) is 5.91 Å². The molecule has 5 nitrogen and oxygen atoms in total. The Morgan fingerprint density at radius 3 is 2.52 bits per heavy atom. The van der Waals surface area contributed by atoms with Gasteiger partial charge in [-0.15, -0.1) is 0 Å². The number of carbonyl (C=O) groups excluding carboxylic acids is 2. The van der Waals surface area contributed by atoms with E-state index >= 15 is 0 Å². The molecule has 0 aliphatic rings. The van der Waals surface area contributed by atoms with Crippen LogP contribution < -0.4 is 5.73 Å². The minimum absolute atomic E-state index is 0.172. The van der Waals surface area contributed by atoms with E-state index in [0.717, 1.165) is 0 Å². The minimum Gasteiger partial charge on any atom is -0.461 e. The van der Waals surface area contributed by atoms with Crippen molar-refractivity contribution in [1.82, 2.24) is 4.98 Å². The third-order valence-electron chi connectivity index (χ3n) is 3.97. The molecule has 3 rings (SSSR count). The van der Waals surface area contributed by atoms with Crippen LogP contribution in [0.4, 0.5) is 0 Å². The molecule has 1 heterocycles. The summed E-state index contributed by atoms with van der Waals surface area (Å²) in [5.41, 5.74) is 7.60. The maximum absolute atomic E-state index is 12.4. The minimum atomic E-state index is -0.629. The number of hydrogen-bond acceptors (Lipinski definition) is 3. The van der Waals surface area contributed by atoms with Gasteiger partial charge >= 0.3 is 5.97 Å². The molecule has 0 saturated carbocycles. The van der Waals surface area contributed by atoms with Gasteiger partial charge in [0.15, 0.2) is 0 Å². The Labute approximate surface area is 165 Å². The fraction of sp³-hybridized carbons (Fsp3) is 0.100. The number of esters is 1. The molecule has 2 aromatic carbocycles. The second-order valence-electron chi connectivity index (χ2n) is 5.73. The molecule has 138 valence electrons.